The highest BCUT2D eigenvalue weighted by Gasteiger charge is 2.27. The van der Waals surface area contributed by atoms with Crippen LogP contribution >= 0.6 is 0 Å². The molecule has 1 rings (SSSR count). The molecule has 0 radical (unpaired) electrons. The maximum atomic E-state index is 10.8. The summed E-state index contributed by atoms with van der Waals surface area (Å²) >= 11 is 0. The number of ketones is 1. The van der Waals surface area contributed by atoms with Crippen LogP contribution < -0.4 is 0 Å². The Kier molecular flexibility index (Phi) is 2.37. The number of rotatable bonds is 1. The fraction of sp³-hybridized carbons (Fsp3) is 0.833. The molecule has 1 aliphatic heterocycles. The first-order chi connectivity index (χ1) is 4.74. The van der Waals surface area contributed by atoms with E-state index in [1.807, 2.05) is 0 Å². The predicted octanol–water partition coefficient (Wildman–Crippen LogP) is -0.691. The van der Waals surface area contributed by atoms with Gasteiger partial charge in [0, 0.05) is 13.5 Å². The molecule has 1 heterocycles. The lowest BCUT2D eigenvalue weighted by molar-refractivity contribution is -0.174. The molecule has 0 aromatic rings. The molecule has 10 heavy (non-hydrogen) atoms. The van der Waals surface area contributed by atoms with E-state index in [1.165, 1.54) is 7.11 Å². The molecule has 2 atom stereocenters. The molecule has 1 fully saturated rings. The van der Waals surface area contributed by atoms with Crippen molar-refractivity contribution in [2.45, 2.75) is 18.8 Å². The van der Waals surface area contributed by atoms with Crippen LogP contribution in [0, 0.1) is 0 Å². The van der Waals surface area contributed by atoms with Crippen molar-refractivity contribution in [1.29, 1.82) is 0 Å². The maximum absolute atomic E-state index is 10.8. The lowest BCUT2D eigenvalue weighted by Crippen LogP contribution is -2.38. The molecule has 0 aliphatic carbocycles. The third kappa shape index (κ3) is 1.53. The average Bonchev–Trinajstić information content (AvgIpc) is 1.94. The van der Waals surface area contributed by atoms with Crippen molar-refractivity contribution in [1.82, 2.24) is 0 Å². The van der Waals surface area contributed by atoms with E-state index >= 15 is 0 Å². The first-order valence-electron chi connectivity index (χ1n) is 3.09. The number of ether oxygens (including phenoxy) is 2. The van der Waals surface area contributed by atoms with E-state index in [2.05, 4.69) is 4.74 Å². The van der Waals surface area contributed by atoms with Gasteiger partial charge in [-0.1, -0.05) is 0 Å². The number of carbonyl (C=O) groups excluding carboxylic acids is 1. The first kappa shape index (κ1) is 7.65. The Morgan fingerprint density at radius 3 is 3.00 bits per heavy atom. The van der Waals surface area contributed by atoms with E-state index in [4.69, 9.17) is 9.84 Å². The van der Waals surface area contributed by atoms with Crippen LogP contribution in [0.5, 0.6) is 0 Å². The third-order valence-electron chi connectivity index (χ3n) is 1.48. The SMILES string of the molecule is CO[C@@H]1C[C@H](O)OCC1=O. The highest BCUT2D eigenvalue weighted by Crippen LogP contribution is 2.10. The average molecular weight is 146 g/mol. The van der Waals surface area contributed by atoms with Gasteiger partial charge in [0.15, 0.2) is 12.1 Å². The van der Waals surface area contributed by atoms with Gasteiger partial charge in [0.25, 0.3) is 0 Å². The van der Waals surface area contributed by atoms with E-state index < -0.39 is 12.4 Å². The number of hydrogen-bond acceptors (Lipinski definition) is 4. The van der Waals surface area contributed by atoms with Crippen molar-refractivity contribution in [3.05, 3.63) is 0 Å². The summed E-state index contributed by atoms with van der Waals surface area (Å²) in [5, 5.41) is 8.87. The molecule has 1 aliphatic rings. The first-order valence-corrected chi connectivity index (χ1v) is 3.09. The van der Waals surface area contributed by atoms with Crippen LogP contribution in [0.2, 0.25) is 0 Å². The number of methoxy groups -OCH3 is 1. The summed E-state index contributed by atoms with van der Waals surface area (Å²) in [4.78, 5) is 10.8. The van der Waals surface area contributed by atoms with Crippen molar-refractivity contribution < 1.29 is 19.4 Å². The van der Waals surface area contributed by atoms with Crippen LogP contribution in [-0.4, -0.2) is 37.0 Å². The maximum Gasteiger partial charge on any atom is 0.187 e. The molecule has 0 spiro atoms. The number of aliphatic hydroxyl groups excluding tert-OH is 1. The minimum Gasteiger partial charge on any atom is -0.373 e. The standard InChI is InChI=1S/C6H10O4/c1-9-5-2-6(8)10-3-4(5)7/h5-6,8H,2-3H2,1H3/t5-,6-/m1/s1. The second-order valence-corrected chi connectivity index (χ2v) is 2.19. The summed E-state index contributed by atoms with van der Waals surface area (Å²) in [6.45, 7) is -0.0420. The highest BCUT2D eigenvalue weighted by molar-refractivity contribution is 5.84. The molecular weight excluding hydrogens is 136 g/mol. The minimum atomic E-state index is -0.845. The fourth-order valence-corrected chi connectivity index (χ4v) is 0.882. The molecule has 0 aromatic heterocycles. The van der Waals surface area contributed by atoms with Gasteiger partial charge in [-0.05, 0) is 0 Å². The zero-order valence-corrected chi connectivity index (χ0v) is 5.74. The topological polar surface area (TPSA) is 55.8 Å². The van der Waals surface area contributed by atoms with Crippen LogP contribution in [0.4, 0.5) is 0 Å². The number of aliphatic hydroxyl groups is 1. The lowest BCUT2D eigenvalue weighted by atomic mass is 10.1. The normalized spacial score (nSPS) is 34.4. The van der Waals surface area contributed by atoms with Crippen molar-refractivity contribution in [3.8, 4) is 0 Å². The van der Waals surface area contributed by atoms with Crippen molar-refractivity contribution >= 4 is 5.78 Å². The fourth-order valence-electron chi connectivity index (χ4n) is 0.882. The summed E-state index contributed by atoms with van der Waals surface area (Å²) in [5.41, 5.74) is 0. The summed E-state index contributed by atoms with van der Waals surface area (Å²) in [6.07, 6.45) is -1.08. The van der Waals surface area contributed by atoms with Crippen molar-refractivity contribution in [2.75, 3.05) is 13.7 Å². The Morgan fingerprint density at radius 2 is 2.50 bits per heavy atom. The molecule has 4 heteroatoms. The zero-order valence-electron chi connectivity index (χ0n) is 5.74. The summed E-state index contributed by atoms with van der Waals surface area (Å²) in [5.74, 6) is -0.104. The zero-order chi connectivity index (χ0) is 7.56. The van der Waals surface area contributed by atoms with Gasteiger partial charge in [0.2, 0.25) is 0 Å². The molecule has 0 aromatic carbocycles. The van der Waals surface area contributed by atoms with E-state index in [-0.39, 0.29) is 18.8 Å². The molecule has 0 unspecified atom stereocenters. The molecule has 0 saturated carbocycles. The quantitative estimate of drug-likeness (QED) is 0.532. The number of hydrogen-bond donors (Lipinski definition) is 1. The molecule has 0 bridgehead atoms. The highest BCUT2D eigenvalue weighted by atomic mass is 16.6. The van der Waals surface area contributed by atoms with E-state index in [0.717, 1.165) is 0 Å². The lowest BCUT2D eigenvalue weighted by Gasteiger charge is -2.23. The Labute approximate surface area is 58.7 Å². The summed E-state index contributed by atoms with van der Waals surface area (Å²) in [7, 11) is 1.45. The molecule has 0 amide bonds. The van der Waals surface area contributed by atoms with Gasteiger partial charge in [-0.2, -0.15) is 0 Å². The Morgan fingerprint density at radius 1 is 1.80 bits per heavy atom. The van der Waals surface area contributed by atoms with Crippen LogP contribution in [0.1, 0.15) is 6.42 Å². The summed E-state index contributed by atoms with van der Waals surface area (Å²) in [6, 6.07) is 0. The van der Waals surface area contributed by atoms with Gasteiger partial charge in [0.05, 0.1) is 0 Å². The van der Waals surface area contributed by atoms with Gasteiger partial charge in [0.1, 0.15) is 12.7 Å². The van der Waals surface area contributed by atoms with Crippen molar-refractivity contribution in [2.24, 2.45) is 0 Å². The van der Waals surface area contributed by atoms with Crippen LogP contribution in [0.3, 0.4) is 0 Å². The second kappa shape index (κ2) is 3.09. The largest absolute Gasteiger partial charge is 0.373 e. The molecule has 58 valence electrons. The Bertz CT molecular complexity index is 134. The van der Waals surface area contributed by atoms with Gasteiger partial charge in [-0.25, -0.2) is 0 Å². The molecule has 1 N–H and O–H groups in total. The van der Waals surface area contributed by atoms with Gasteiger partial charge < -0.3 is 14.6 Å². The van der Waals surface area contributed by atoms with Crippen molar-refractivity contribution in [3.63, 3.8) is 0 Å². The van der Waals surface area contributed by atoms with E-state index in [9.17, 15) is 4.79 Å². The Hall–Kier alpha value is -0.450. The van der Waals surface area contributed by atoms with Crippen LogP contribution in [0.25, 0.3) is 0 Å². The van der Waals surface area contributed by atoms with E-state index in [1.54, 1.807) is 0 Å². The van der Waals surface area contributed by atoms with E-state index in [0.29, 0.717) is 0 Å². The smallest absolute Gasteiger partial charge is 0.187 e. The van der Waals surface area contributed by atoms with Crippen LogP contribution in [-0.2, 0) is 14.3 Å². The van der Waals surface area contributed by atoms with Crippen LogP contribution in [0.15, 0.2) is 0 Å². The minimum absolute atomic E-state index is 0.0420. The van der Waals surface area contributed by atoms with Gasteiger partial charge in [-0.15, -0.1) is 0 Å². The summed E-state index contributed by atoms with van der Waals surface area (Å²) < 4.78 is 9.43. The third-order valence-corrected chi connectivity index (χ3v) is 1.48. The number of Topliss-reactive ketones (excluding diaryl/α,β-unsaturated/α-hetero) is 1. The Balaban J connectivity index is 2.45. The molecule has 1 saturated heterocycles. The monoisotopic (exact) mass is 146 g/mol. The molecular formula is C6H10O4. The van der Waals surface area contributed by atoms with Gasteiger partial charge >= 0.3 is 0 Å². The number of carbonyl (C=O) groups is 1. The van der Waals surface area contributed by atoms with Gasteiger partial charge in [-0.3, -0.25) is 4.79 Å². The molecule has 4 nitrogen and oxygen atoms in total. The predicted molar refractivity (Wildman–Crippen MR) is 32.4 cm³/mol. The second-order valence-electron chi connectivity index (χ2n) is 2.19.